The zero-order valence-corrected chi connectivity index (χ0v) is 14.4. The highest BCUT2D eigenvalue weighted by Gasteiger charge is 2.25. The number of methoxy groups -OCH3 is 1. The molecule has 1 aliphatic heterocycles. The largest absolute Gasteiger partial charge is 0.481 e. The van der Waals surface area contributed by atoms with E-state index in [-0.39, 0.29) is 11.9 Å². The predicted molar refractivity (Wildman–Crippen MR) is 95.7 cm³/mol. The van der Waals surface area contributed by atoms with E-state index < -0.39 is 5.97 Å². The molecule has 2 heterocycles. The van der Waals surface area contributed by atoms with Crippen molar-refractivity contribution in [3.05, 3.63) is 42.2 Å². The molecular formula is C18H20N4O4. The molecule has 1 fully saturated rings. The van der Waals surface area contributed by atoms with Gasteiger partial charge in [-0.2, -0.15) is 0 Å². The lowest BCUT2D eigenvalue weighted by molar-refractivity contribution is -0.142. The number of aliphatic carboxylic acids is 1. The molecule has 26 heavy (non-hydrogen) atoms. The van der Waals surface area contributed by atoms with Gasteiger partial charge in [0.1, 0.15) is 18.0 Å². The number of aromatic nitrogens is 2. The van der Waals surface area contributed by atoms with Gasteiger partial charge in [-0.15, -0.1) is 0 Å². The molecule has 8 nitrogen and oxygen atoms in total. The minimum atomic E-state index is -0.731. The fourth-order valence-electron chi connectivity index (χ4n) is 2.90. The van der Waals surface area contributed by atoms with Crippen LogP contribution < -0.4 is 10.2 Å². The van der Waals surface area contributed by atoms with Crippen LogP contribution in [0, 0.1) is 5.92 Å². The molecule has 2 N–H and O–H groups in total. The molecule has 0 radical (unpaired) electrons. The van der Waals surface area contributed by atoms with Crippen LogP contribution in [0.4, 0.5) is 17.3 Å². The lowest BCUT2D eigenvalue weighted by atomic mass is 9.97. The zero-order chi connectivity index (χ0) is 18.5. The number of nitrogens with zero attached hydrogens (tertiary/aromatic N) is 3. The maximum Gasteiger partial charge on any atom is 0.337 e. The number of hydrogen-bond donors (Lipinski definition) is 2. The third-order valence-electron chi connectivity index (χ3n) is 4.40. The third kappa shape index (κ3) is 4.08. The fourth-order valence-corrected chi connectivity index (χ4v) is 2.90. The van der Waals surface area contributed by atoms with Gasteiger partial charge in [0.2, 0.25) is 0 Å². The van der Waals surface area contributed by atoms with Crippen molar-refractivity contribution in [2.24, 2.45) is 5.92 Å². The number of carbonyl (C=O) groups is 2. The highest BCUT2D eigenvalue weighted by molar-refractivity contribution is 5.89. The topological polar surface area (TPSA) is 105 Å². The summed E-state index contributed by atoms with van der Waals surface area (Å²) in [4.78, 5) is 33.1. The molecule has 0 spiro atoms. The average molecular weight is 356 g/mol. The lowest BCUT2D eigenvalue weighted by Gasteiger charge is -2.31. The van der Waals surface area contributed by atoms with E-state index in [1.807, 2.05) is 6.07 Å². The molecule has 1 aromatic heterocycles. The van der Waals surface area contributed by atoms with E-state index in [4.69, 9.17) is 5.11 Å². The second-order valence-corrected chi connectivity index (χ2v) is 6.05. The van der Waals surface area contributed by atoms with Crippen molar-refractivity contribution in [2.45, 2.75) is 12.8 Å². The van der Waals surface area contributed by atoms with Gasteiger partial charge in [0, 0.05) is 24.8 Å². The summed E-state index contributed by atoms with van der Waals surface area (Å²) < 4.78 is 4.68. The molecule has 0 amide bonds. The average Bonchev–Trinajstić information content (AvgIpc) is 2.68. The van der Waals surface area contributed by atoms with E-state index in [1.54, 1.807) is 24.3 Å². The van der Waals surface area contributed by atoms with E-state index in [1.165, 1.54) is 13.4 Å². The van der Waals surface area contributed by atoms with Crippen LogP contribution in [0.5, 0.6) is 0 Å². The molecule has 8 heteroatoms. The van der Waals surface area contributed by atoms with Crippen molar-refractivity contribution >= 4 is 29.3 Å². The predicted octanol–water partition coefficient (Wildman–Crippen LogP) is 2.31. The summed E-state index contributed by atoms with van der Waals surface area (Å²) in [6.07, 6.45) is 2.69. The first kappa shape index (κ1) is 17.7. The summed E-state index contributed by atoms with van der Waals surface area (Å²) >= 11 is 0. The molecule has 0 saturated carbocycles. The molecule has 0 aliphatic carbocycles. The normalized spacial score (nSPS) is 14.7. The minimum absolute atomic E-state index is 0.279. The minimum Gasteiger partial charge on any atom is -0.481 e. The number of anilines is 3. The quantitative estimate of drug-likeness (QED) is 0.787. The van der Waals surface area contributed by atoms with Crippen molar-refractivity contribution < 1.29 is 19.4 Å². The number of hydrogen-bond acceptors (Lipinski definition) is 7. The Hall–Kier alpha value is -3.16. The lowest BCUT2D eigenvalue weighted by Crippen LogP contribution is -2.36. The number of nitrogens with one attached hydrogen (secondary N) is 1. The smallest absolute Gasteiger partial charge is 0.337 e. The first-order valence-corrected chi connectivity index (χ1v) is 8.32. The van der Waals surface area contributed by atoms with Crippen LogP contribution in [-0.4, -0.2) is 47.2 Å². The maximum atomic E-state index is 11.5. The number of benzene rings is 1. The van der Waals surface area contributed by atoms with Crippen LogP contribution in [0.25, 0.3) is 0 Å². The van der Waals surface area contributed by atoms with Gasteiger partial charge in [-0.1, -0.05) is 0 Å². The van der Waals surface area contributed by atoms with Gasteiger partial charge >= 0.3 is 11.9 Å². The Balaban J connectivity index is 1.66. The Morgan fingerprint density at radius 2 is 1.88 bits per heavy atom. The van der Waals surface area contributed by atoms with Crippen molar-refractivity contribution in [1.29, 1.82) is 0 Å². The monoisotopic (exact) mass is 356 g/mol. The van der Waals surface area contributed by atoms with Crippen LogP contribution in [0.1, 0.15) is 23.2 Å². The van der Waals surface area contributed by atoms with Crippen molar-refractivity contribution in [3.8, 4) is 0 Å². The van der Waals surface area contributed by atoms with E-state index in [0.29, 0.717) is 37.3 Å². The van der Waals surface area contributed by atoms with Gasteiger partial charge in [0.05, 0.1) is 18.6 Å². The molecule has 3 rings (SSSR count). The molecular weight excluding hydrogens is 336 g/mol. The van der Waals surface area contributed by atoms with Crippen molar-refractivity contribution in [2.75, 3.05) is 30.4 Å². The zero-order valence-electron chi connectivity index (χ0n) is 14.4. The summed E-state index contributed by atoms with van der Waals surface area (Å²) in [6, 6.07) is 8.72. The number of piperidine rings is 1. The summed E-state index contributed by atoms with van der Waals surface area (Å²) in [5.41, 5.74) is 1.26. The Morgan fingerprint density at radius 3 is 2.50 bits per heavy atom. The van der Waals surface area contributed by atoms with Gasteiger partial charge < -0.3 is 20.1 Å². The molecule has 0 unspecified atom stereocenters. The number of ether oxygens (including phenoxy) is 1. The summed E-state index contributed by atoms with van der Waals surface area (Å²) in [5.74, 6) is -0.00608. The number of carbonyl (C=O) groups excluding carboxylic acids is 1. The van der Waals surface area contributed by atoms with Gasteiger partial charge in [-0.3, -0.25) is 4.79 Å². The van der Waals surface area contributed by atoms with Gasteiger partial charge in [-0.05, 0) is 37.1 Å². The fraction of sp³-hybridized carbons (Fsp3) is 0.333. The first-order valence-electron chi connectivity index (χ1n) is 8.32. The van der Waals surface area contributed by atoms with E-state index >= 15 is 0 Å². The molecule has 1 aromatic carbocycles. The third-order valence-corrected chi connectivity index (χ3v) is 4.40. The molecule has 0 atom stereocenters. The number of carboxylic acid groups (broad SMARTS) is 1. The van der Waals surface area contributed by atoms with Gasteiger partial charge in [0.25, 0.3) is 0 Å². The summed E-state index contributed by atoms with van der Waals surface area (Å²) in [5, 5.41) is 12.3. The first-order chi connectivity index (χ1) is 12.6. The van der Waals surface area contributed by atoms with E-state index in [2.05, 4.69) is 24.9 Å². The molecule has 136 valence electrons. The molecule has 2 aromatic rings. The molecule has 0 bridgehead atoms. The maximum absolute atomic E-state index is 11.5. The molecule has 1 aliphatic rings. The highest BCUT2D eigenvalue weighted by atomic mass is 16.5. The van der Waals surface area contributed by atoms with Crippen LogP contribution >= 0.6 is 0 Å². The van der Waals surface area contributed by atoms with Crippen LogP contribution in [0.3, 0.4) is 0 Å². The van der Waals surface area contributed by atoms with Crippen LogP contribution in [0.15, 0.2) is 36.7 Å². The molecule has 1 saturated heterocycles. The SMILES string of the molecule is COC(=O)c1ccc(Nc2cc(N3CCC(C(=O)O)CC3)ncn2)cc1. The van der Waals surface area contributed by atoms with E-state index in [0.717, 1.165) is 11.5 Å². The number of esters is 1. The standard InChI is InChI=1S/C18H20N4O4/c1-26-18(25)13-2-4-14(5-3-13)21-15-10-16(20-11-19-15)22-8-6-12(7-9-22)17(23)24/h2-5,10-12H,6-9H2,1H3,(H,23,24)(H,19,20,21). The van der Waals surface area contributed by atoms with Crippen LogP contribution in [-0.2, 0) is 9.53 Å². The van der Waals surface area contributed by atoms with Crippen LogP contribution in [0.2, 0.25) is 0 Å². The Morgan fingerprint density at radius 1 is 1.19 bits per heavy atom. The second-order valence-electron chi connectivity index (χ2n) is 6.05. The van der Waals surface area contributed by atoms with E-state index in [9.17, 15) is 9.59 Å². The number of carboxylic acids is 1. The summed E-state index contributed by atoms with van der Waals surface area (Å²) in [6.45, 7) is 1.31. The van der Waals surface area contributed by atoms with Crippen molar-refractivity contribution in [1.82, 2.24) is 9.97 Å². The van der Waals surface area contributed by atoms with Crippen molar-refractivity contribution in [3.63, 3.8) is 0 Å². The Kier molecular flexibility index (Phi) is 5.31. The van der Waals surface area contributed by atoms with Gasteiger partial charge in [-0.25, -0.2) is 14.8 Å². The van der Waals surface area contributed by atoms with Gasteiger partial charge in [0.15, 0.2) is 0 Å². The Bertz CT molecular complexity index is 786. The summed E-state index contributed by atoms with van der Waals surface area (Å²) in [7, 11) is 1.34. The highest BCUT2D eigenvalue weighted by Crippen LogP contribution is 2.24. The second kappa shape index (κ2) is 7.81. The Labute approximate surface area is 150 Å². The number of rotatable bonds is 5.